The van der Waals surface area contributed by atoms with E-state index in [0.717, 1.165) is 0 Å². The van der Waals surface area contributed by atoms with Crippen LogP contribution in [0.2, 0.25) is 5.02 Å². The van der Waals surface area contributed by atoms with Crippen molar-refractivity contribution < 1.29 is 22.0 Å². The van der Waals surface area contributed by atoms with Crippen molar-refractivity contribution in [3.05, 3.63) is 76.6 Å². The van der Waals surface area contributed by atoms with Crippen LogP contribution in [-0.4, -0.2) is 10.2 Å². The molecule has 4 rings (SSSR count). The minimum atomic E-state index is -1.63. The van der Waals surface area contributed by atoms with E-state index in [-0.39, 0.29) is 27.8 Å². The molecule has 0 bridgehead atoms. The summed E-state index contributed by atoms with van der Waals surface area (Å²) in [5.74, 6) is -7.49. The van der Waals surface area contributed by atoms with E-state index < -0.39 is 34.8 Å². The first-order valence-corrected chi connectivity index (χ1v) is 8.27. The summed E-state index contributed by atoms with van der Waals surface area (Å²) in [5.41, 5.74) is -0.315. The van der Waals surface area contributed by atoms with Crippen LogP contribution in [0.4, 0.5) is 33.5 Å². The van der Waals surface area contributed by atoms with Crippen LogP contribution >= 0.6 is 11.6 Å². The fraction of sp³-hybridized carbons (Fsp3) is 0. The zero-order valence-corrected chi connectivity index (χ0v) is 14.5. The summed E-state index contributed by atoms with van der Waals surface area (Å²) in [7, 11) is 0. The molecule has 3 nitrogen and oxygen atoms in total. The summed E-state index contributed by atoms with van der Waals surface area (Å²) in [4.78, 5) is 0. The first-order chi connectivity index (χ1) is 13.4. The first kappa shape index (κ1) is 18.2. The van der Waals surface area contributed by atoms with E-state index in [0.29, 0.717) is 11.1 Å². The molecule has 0 aliphatic rings. The Bertz CT molecular complexity index is 1180. The van der Waals surface area contributed by atoms with Gasteiger partial charge in [0, 0.05) is 17.0 Å². The molecule has 0 atom stereocenters. The summed E-state index contributed by atoms with van der Waals surface area (Å²) in [6.45, 7) is 0. The molecule has 0 saturated heterocycles. The van der Waals surface area contributed by atoms with Crippen molar-refractivity contribution in [1.82, 2.24) is 10.2 Å². The molecule has 9 heteroatoms. The number of hydrogen-bond acceptors (Lipinski definition) is 2. The monoisotopic (exact) mass is 409 g/mol. The number of H-pyrrole nitrogens is 1. The van der Waals surface area contributed by atoms with Gasteiger partial charge in [-0.2, -0.15) is 5.10 Å². The third kappa shape index (κ3) is 2.86. The fourth-order valence-electron chi connectivity index (χ4n) is 2.82. The number of nitrogens with one attached hydrogen (secondary N) is 2. The van der Waals surface area contributed by atoms with Gasteiger partial charge in [0.05, 0.1) is 5.02 Å². The topological polar surface area (TPSA) is 40.7 Å². The Hall–Kier alpha value is -3.13. The molecule has 4 aromatic rings. The molecule has 3 aromatic carbocycles. The second-order valence-electron chi connectivity index (χ2n) is 5.88. The summed E-state index contributed by atoms with van der Waals surface area (Å²) in [6.07, 6.45) is 0. The second kappa shape index (κ2) is 6.79. The third-order valence-corrected chi connectivity index (χ3v) is 4.55. The predicted octanol–water partition coefficient (Wildman–Crippen LogP) is 6.32. The molecule has 1 heterocycles. The van der Waals surface area contributed by atoms with Gasteiger partial charge in [-0.3, -0.25) is 5.10 Å². The molecule has 0 radical (unpaired) electrons. The normalized spacial score (nSPS) is 11.2. The minimum absolute atomic E-state index is 0.0872. The van der Waals surface area contributed by atoms with Gasteiger partial charge in [-0.05, 0) is 11.6 Å². The van der Waals surface area contributed by atoms with Crippen LogP contribution < -0.4 is 5.32 Å². The Morgan fingerprint density at radius 2 is 1.50 bits per heavy atom. The third-order valence-electron chi connectivity index (χ3n) is 4.18. The number of hydrogen-bond donors (Lipinski definition) is 2. The highest BCUT2D eigenvalue weighted by Gasteiger charge is 2.23. The summed E-state index contributed by atoms with van der Waals surface area (Å²) in [6, 6.07) is 10.1. The van der Waals surface area contributed by atoms with Crippen molar-refractivity contribution in [3.63, 3.8) is 0 Å². The molecule has 0 amide bonds. The number of aromatic nitrogens is 2. The average Bonchev–Trinajstić information content (AvgIpc) is 3.10. The molecule has 1 aromatic heterocycles. The van der Waals surface area contributed by atoms with Gasteiger partial charge in [0.2, 0.25) is 0 Å². The molecule has 0 aliphatic heterocycles. The molecular weight excluding hydrogens is 401 g/mol. The van der Waals surface area contributed by atoms with Crippen LogP contribution in [0.5, 0.6) is 0 Å². The van der Waals surface area contributed by atoms with Gasteiger partial charge < -0.3 is 5.32 Å². The van der Waals surface area contributed by atoms with Crippen LogP contribution in [0.3, 0.4) is 0 Å². The second-order valence-corrected chi connectivity index (χ2v) is 6.26. The van der Waals surface area contributed by atoms with E-state index >= 15 is 0 Å². The number of halogens is 6. The van der Waals surface area contributed by atoms with Gasteiger partial charge >= 0.3 is 0 Å². The highest BCUT2D eigenvalue weighted by molar-refractivity contribution is 6.34. The Balaban J connectivity index is 1.90. The van der Waals surface area contributed by atoms with Crippen molar-refractivity contribution in [3.8, 4) is 11.1 Å². The maximum absolute atomic E-state index is 14.7. The molecule has 0 unspecified atom stereocenters. The van der Waals surface area contributed by atoms with E-state index in [2.05, 4.69) is 15.5 Å². The van der Waals surface area contributed by atoms with Crippen LogP contribution in [0.1, 0.15) is 0 Å². The standard InChI is InChI=1S/C19H9ClF5N3/c20-13-9(8-4-2-1-3-5-8)6-10-17(16(13)25)27-28-19(10)26-18-14(23)11(21)7-12(22)15(18)24/h1-7H,(H2,26,27,28). The Morgan fingerprint density at radius 1 is 0.857 bits per heavy atom. The lowest BCUT2D eigenvalue weighted by Crippen LogP contribution is -2.03. The molecule has 0 spiro atoms. The number of anilines is 2. The molecular formula is C19H9ClF5N3. The minimum Gasteiger partial charge on any atom is -0.333 e. The van der Waals surface area contributed by atoms with E-state index in [1.807, 2.05) is 0 Å². The number of fused-ring (bicyclic) bond motifs is 1. The van der Waals surface area contributed by atoms with Crippen molar-refractivity contribution in [1.29, 1.82) is 0 Å². The smallest absolute Gasteiger partial charge is 0.185 e. The number of nitrogens with zero attached hydrogens (tertiary/aromatic N) is 1. The first-order valence-electron chi connectivity index (χ1n) is 7.90. The lowest BCUT2D eigenvalue weighted by atomic mass is 10.0. The quantitative estimate of drug-likeness (QED) is 0.307. The number of aromatic amines is 1. The molecule has 0 fully saturated rings. The Labute approximate surface area is 159 Å². The predicted molar refractivity (Wildman–Crippen MR) is 96.1 cm³/mol. The highest BCUT2D eigenvalue weighted by Crippen LogP contribution is 2.38. The van der Waals surface area contributed by atoms with E-state index in [1.54, 1.807) is 30.3 Å². The van der Waals surface area contributed by atoms with E-state index in [4.69, 9.17) is 11.6 Å². The molecule has 142 valence electrons. The van der Waals surface area contributed by atoms with Crippen molar-refractivity contribution in [2.75, 3.05) is 5.32 Å². The SMILES string of the molecule is Fc1cc(F)c(F)c(Nc2n[nH]c3c(F)c(Cl)c(-c4ccccc4)cc23)c1F. The fourth-order valence-corrected chi connectivity index (χ4v) is 3.08. The van der Waals surface area contributed by atoms with Crippen molar-refractivity contribution >= 4 is 34.0 Å². The Kier molecular flexibility index (Phi) is 4.43. The number of benzene rings is 3. The molecule has 0 saturated carbocycles. The lowest BCUT2D eigenvalue weighted by Gasteiger charge is -2.10. The lowest BCUT2D eigenvalue weighted by molar-refractivity contribution is 0.459. The maximum Gasteiger partial charge on any atom is 0.185 e. The van der Waals surface area contributed by atoms with Gasteiger partial charge in [0.25, 0.3) is 0 Å². The van der Waals surface area contributed by atoms with E-state index in [9.17, 15) is 22.0 Å². The van der Waals surface area contributed by atoms with Crippen LogP contribution in [0, 0.1) is 29.1 Å². The van der Waals surface area contributed by atoms with Crippen LogP contribution in [0.15, 0.2) is 42.5 Å². The largest absolute Gasteiger partial charge is 0.333 e. The number of rotatable bonds is 3. The highest BCUT2D eigenvalue weighted by atomic mass is 35.5. The zero-order valence-electron chi connectivity index (χ0n) is 13.8. The maximum atomic E-state index is 14.7. The van der Waals surface area contributed by atoms with Gasteiger partial charge in [-0.1, -0.05) is 41.9 Å². The molecule has 0 aliphatic carbocycles. The summed E-state index contributed by atoms with van der Waals surface area (Å²) >= 11 is 6.11. The molecule has 28 heavy (non-hydrogen) atoms. The Morgan fingerprint density at radius 3 is 2.14 bits per heavy atom. The van der Waals surface area contributed by atoms with Gasteiger partial charge in [-0.15, -0.1) is 0 Å². The summed E-state index contributed by atoms with van der Waals surface area (Å²) < 4.78 is 69.4. The van der Waals surface area contributed by atoms with Gasteiger partial charge in [0.15, 0.2) is 34.9 Å². The summed E-state index contributed by atoms with van der Waals surface area (Å²) in [5, 5.41) is 8.21. The average molecular weight is 410 g/mol. The van der Waals surface area contributed by atoms with Crippen molar-refractivity contribution in [2.45, 2.75) is 0 Å². The van der Waals surface area contributed by atoms with Crippen LogP contribution in [-0.2, 0) is 0 Å². The van der Waals surface area contributed by atoms with E-state index in [1.165, 1.54) is 6.07 Å². The van der Waals surface area contributed by atoms with Crippen LogP contribution in [0.25, 0.3) is 22.0 Å². The van der Waals surface area contributed by atoms with Gasteiger partial charge in [-0.25, -0.2) is 22.0 Å². The van der Waals surface area contributed by atoms with Gasteiger partial charge in [0.1, 0.15) is 11.2 Å². The molecule has 2 N–H and O–H groups in total. The van der Waals surface area contributed by atoms with Crippen molar-refractivity contribution in [2.24, 2.45) is 0 Å². The zero-order chi connectivity index (χ0) is 20.0.